The van der Waals surface area contributed by atoms with E-state index in [4.69, 9.17) is 0 Å². The van der Waals surface area contributed by atoms with Gasteiger partial charge < -0.3 is 4.55 Å². The Hall–Kier alpha value is -0.950. The summed E-state index contributed by atoms with van der Waals surface area (Å²) in [5.41, 5.74) is 1.37. The molecule has 1 heterocycles. The number of nitrogens with one attached hydrogen (secondary N) is 1. The molecule has 0 saturated heterocycles. The molecule has 22 heavy (non-hydrogen) atoms. The largest absolute Gasteiger partial charge is 0.598 e. The van der Waals surface area contributed by atoms with Crippen LogP contribution in [-0.2, 0) is 11.4 Å². The van der Waals surface area contributed by atoms with E-state index < -0.39 is 28.1 Å². The van der Waals surface area contributed by atoms with E-state index in [-0.39, 0.29) is 0 Å². The number of aromatic nitrogens is 1. The average molecular weight is 385 g/mol. The molecule has 0 aliphatic heterocycles. The van der Waals surface area contributed by atoms with Crippen LogP contribution < -0.4 is 4.72 Å². The quantitative estimate of drug-likeness (QED) is 0.636. The number of halogens is 2. The van der Waals surface area contributed by atoms with Crippen LogP contribution >= 0.6 is 15.9 Å². The van der Waals surface area contributed by atoms with Crippen LogP contribution in [0.25, 0.3) is 0 Å². The molecule has 0 radical (unpaired) electrons. The summed E-state index contributed by atoms with van der Waals surface area (Å²) in [5.74, 6) is -0.582. The molecular weight excluding hydrogens is 367 g/mol. The van der Waals surface area contributed by atoms with Crippen molar-refractivity contribution in [1.29, 1.82) is 0 Å². The number of hydrogen-bond acceptors (Lipinski definition) is 3. The molecule has 0 bridgehead atoms. The monoisotopic (exact) mass is 384 g/mol. The molecule has 0 amide bonds. The number of pyridine rings is 1. The molecule has 1 unspecified atom stereocenters. The van der Waals surface area contributed by atoms with Crippen LogP contribution in [0.4, 0.5) is 4.39 Å². The first-order chi connectivity index (χ1) is 10.3. The second-order valence-electron chi connectivity index (χ2n) is 5.85. The van der Waals surface area contributed by atoms with E-state index in [1.54, 1.807) is 12.1 Å². The van der Waals surface area contributed by atoms with Crippen molar-refractivity contribution in [3.8, 4) is 0 Å². The predicted molar refractivity (Wildman–Crippen MR) is 91.2 cm³/mol. The Kier molecular flexibility index (Phi) is 5.60. The summed E-state index contributed by atoms with van der Waals surface area (Å²) >= 11 is 1.79. The molecule has 0 saturated carbocycles. The zero-order valence-electron chi connectivity index (χ0n) is 12.6. The summed E-state index contributed by atoms with van der Waals surface area (Å²) in [5, 5.41) is 0. The van der Waals surface area contributed by atoms with Gasteiger partial charge in [-0.05, 0) is 54.4 Å². The third-order valence-electron chi connectivity index (χ3n) is 3.03. The number of rotatable bonds is 4. The first kappa shape index (κ1) is 17.4. The molecule has 0 spiro atoms. The zero-order chi connectivity index (χ0) is 16.3. The van der Waals surface area contributed by atoms with Gasteiger partial charge in [0.1, 0.15) is 10.8 Å². The van der Waals surface area contributed by atoms with Gasteiger partial charge in [0.25, 0.3) is 0 Å². The van der Waals surface area contributed by atoms with E-state index in [9.17, 15) is 8.94 Å². The van der Waals surface area contributed by atoms with Crippen molar-refractivity contribution in [3.63, 3.8) is 0 Å². The van der Waals surface area contributed by atoms with Gasteiger partial charge in [0.05, 0.1) is 10.2 Å². The molecule has 2 atom stereocenters. The van der Waals surface area contributed by atoms with Crippen molar-refractivity contribution in [3.05, 3.63) is 64.1 Å². The molecule has 2 aromatic rings. The fourth-order valence-electron chi connectivity index (χ4n) is 1.82. The fraction of sp³-hybridized carbons (Fsp3) is 0.312. The second kappa shape index (κ2) is 7.08. The summed E-state index contributed by atoms with van der Waals surface area (Å²) in [4.78, 5) is 3.97. The highest BCUT2D eigenvalue weighted by molar-refractivity contribution is 9.10. The maximum absolute atomic E-state index is 13.8. The van der Waals surface area contributed by atoms with Gasteiger partial charge in [0, 0.05) is 11.4 Å². The fourth-order valence-corrected chi connectivity index (χ4v) is 2.87. The third-order valence-corrected chi connectivity index (χ3v) is 5.19. The van der Waals surface area contributed by atoms with Gasteiger partial charge >= 0.3 is 0 Å². The van der Waals surface area contributed by atoms with E-state index in [1.807, 2.05) is 51.1 Å². The Morgan fingerprint density at radius 3 is 2.36 bits per heavy atom. The summed E-state index contributed by atoms with van der Waals surface area (Å²) in [6.45, 7) is 5.65. The van der Waals surface area contributed by atoms with Crippen molar-refractivity contribution in [2.24, 2.45) is 0 Å². The molecule has 1 N–H and O–H groups in total. The Morgan fingerprint density at radius 2 is 1.82 bits per heavy atom. The summed E-state index contributed by atoms with van der Waals surface area (Å²) in [6.07, 6.45) is 0. The van der Waals surface area contributed by atoms with Gasteiger partial charge in [0.2, 0.25) is 5.95 Å². The van der Waals surface area contributed by atoms with Crippen LogP contribution in [0.15, 0.2) is 46.9 Å². The van der Waals surface area contributed by atoms with Gasteiger partial charge in [-0.1, -0.05) is 30.3 Å². The SMILES string of the molecule is CC(C)(C)[S+]([O-])N[C@@H](c1ccccc1)c1ccc(Br)c(F)n1. The second-order valence-corrected chi connectivity index (χ2v) is 8.70. The van der Waals surface area contributed by atoms with Crippen molar-refractivity contribution in [1.82, 2.24) is 9.71 Å². The minimum absolute atomic E-state index is 0.306. The first-order valence-corrected chi connectivity index (χ1v) is 8.78. The molecule has 3 nitrogen and oxygen atoms in total. The van der Waals surface area contributed by atoms with Crippen LogP contribution in [0.5, 0.6) is 0 Å². The molecule has 6 heteroatoms. The number of benzene rings is 1. The highest BCUT2D eigenvalue weighted by Gasteiger charge is 2.31. The lowest BCUT2D eigenvalue weighted by atomic mass is 10.0. The normalized spacial score (nSPS) is 14.6. The van der Waals surface area contributed by atoms with E-state index in [0.717, 1.165) is 5.56 Å². The topological polar surface area (TPSA) is 48.0 Å². The highest BCUT2D eigenvalue weighted by Crippen LogP contribution is 2.26. The van der Waals surface area contributed by atoms with Crippen molar-refractivity contribution in [2.75, 3.05) is 0 Å². The smallest absolute Gasteiger partial charge is 0.227 e. The third kappa shape index (κ3) is 4.29. The van der Waals surface area contributed by atoms with Gasteiger partial charge in [-0.25, -0.2) is 4.98 Å². The van der Waals surface area contributed by atoms with E-state index in [0.29, 0.717) is 10.2 Å². The molecule has 118 valence electrons. The van der Waals surface area contributed by atoms with E-state index in [2.05, 4.69) is 25.6 Å². The maximum atomic E-state index is 13.8. The van der Waals surface area contributed by atoms with Gasteiger partial charge in [0.15, 0.2) is 0 Å². The number of nitrogens with zero attached hydrogens (tertiary/aromatic N) is 1. The predicted octanol–water partition coefficient (Wildman–Crippen LogP) is 4.12. The highest BCUT2D eigenvalue weighted by atomic mass is 79.9. The Morgan fingerprint density at radius 1 is 1.18 bits per heavy atom. The Labute approximate surface area is 141 Å². The molecular formula is C16H18BrFN2OS. The number of hydrogen-bond donors (Lipinski definition) is 1. The van der Waals surface area contributed by atoms with Gasteiger partial charge in [-0.3, -0.25) is 0 Å². The lowest BCUT2D eigenvalue weighted by Crippen LogP contribution is -2.41. The van der Waals surface area contributed by atoms with Crippen LogP contribution in [-0.4, -0.2) is 14.3 Å². The van der Waals surface area contributed by atoms with E-state index in [1.165, 1.54) is 0 Å². The average Bonchev–Trinajstić information content (AvgIpc) is 2.47. The van der Waals surface area contributed by atoms with Crippen LogP contribution in [0.2, 0.25) is 0 Å². The molecule has 1 aromatic heterocycles. The van der Waals surface area contributed by atoms with Crippen LogP contribution in [0.1, 0.15) is 38.1 Å². The van der Waals surface area contributed by atoms with Crippen molar-refractivity contribution in [2.45, 2.75) is 31.6 Å². The van der Waals surface area contributed by atoms with Crippen LogP contribution in [0, 0.1) is 5.95 Å². The summed E-state index contributed by atoms with van der Waals surface area (Å²) in [7, 11) is 0. The summed E-state index contributed by atoms with van der Waals surface area (Å²) in [6, 6.07) is 12.4. The van der Waals surface area contributed by atoms with Gasteiger partial charge in [-0.2, -0.15) is 4.39 Å². The first-order valence-electron chi connectivity index (χ1n) is 6.84. The Balaban J connectivity index is 2.39. The lowest BCUT2D eigenvalue weighted by molar-refractivity contribution is 0.527. The van der Waals surface area contributed by atoms with Gasteiger partial charge in [-0.15, -0.1) is 4.72 Å². The van der Waals surface area contributed by atoms with E-state index >= 15 is 0 Å². The maximum Gasteiger partial charge on any atom is 0.227 e. The lowest BCUT2D eigenvalue weighted by Gasteiger charge is -2.28. The minimum atomic E-state index is -1.30. The van der Waals surface area contributed by atoms with Crippen molar-refractivity contribution >= 4 is 27.3 Å². The zero-order valence-corrected chi connectivity index (χ0v) is 15.0. The van der Waals surface area contributed by atoms with Crippen LogP contribution in [0.3, 0.4) is 0 Å². The Bertz CT molecular complexity index is 634. The molecule has 1 aromatic carbocycles. The van der Waals surface area contributed by atoms with Crippen molar-refractivity contribution < 1.29 is 8.94 Å². The standard InChI is InChI=1S/C16H18BrFN2OS/c1-16(2,3)22(21)20-14(11-7-5-4-6-8-11)13-10-9-12(17)15(18)19-13/h4-10,14,20H,1-3H3/t14-,22?/m0/s1. The minimum Gasteiger partial charge on any atom is -0.598 e. The molecule has 2 rings (SSSR count). The molecule has 0 aliphatic carbocycles. The molecule has 0 aliphatic rings. The summed E-state index contributed by atoms with van der Waals surface area (Å²) < 4.78 is 29.1. The molecule has 0 fully saturated rings.